The second-order valence-corrected chi connectivity index (χ2v) is 18.6. The van der Waals surface area contributed by atoms with Crippen LogP contribution >= 0.6 is 7.82 Å². The molecule has 3 N–H and O–H groups in total. The number of hydrogen-bond acceptors (Lipinski definition) is 5. The zero-order chi connectivity index (χ0) is 40.0. The summed E-state index contributed by atoms with van der Waals surface area (Å²) in [5, 5.41) is 13.8. The lowest BCUT2D eigenvalue weighted by Gasteiger charge is -2.25. The highest BCUT2D eigenvalue weighted by molar-refractivity contribution is 7.47. The van der Waals surface area contributed by atoms with E-state index in [1.807, 2.05) is 27.2 Å². The van der Waals surface area contributed by atoms with Gasteiger partial charge in [0.05, 0.1) is 39.9 Å². The van der Waals surface area contributed by atoms with Crippen molar-refractivity contribution >= 4 is 13.7 Å². The van der Waals surface area contributed by atoms with E-state index in [0.29, 0.717) is 17.4 Å². The van der Waals surface area contributed by atoms with E-state index in [2.05, 4.69) is 19.2 Å². The summed E-state index contributed by atoms with van der Waals surface area (Å²) in [6.07, 6.45) is 42.7. The van der Waals surface area contributed by atoms with Crippen LogP contribution in [0.2, 0.25) is 0 Å². The molecule has 0 rings (SSSR count). The van der Waals surface area contributed by atoms with Crippen LogP contribution in [-0.4, -0.2) is 73.4 Å². The number of phosphoric acid groups is 1. The summed E-state index contributed by atoms with van der Waals surface area (Å²) in [7, 11) is 1.58. The molecular weight excluding hydrogens is 695 g/mol. The van der Waals surface area contributed by atoms with Crippen molar-refractivity contribution in [2.75, 3.05) is 40.9 Å². The minimum absolute atomic E-state index is 0.0647. The van der Waals surface area contributed by atoms with Gasteiger partial charge in [-0.3, -0.25) is 13.8 Å². The number of aliphatic hydroxyl groups excluding tert-OH is 1. The topological polar surface area (TPSA) is 105 Å². The van der Waals surface area contributed by atoms with Crippen molar-refractivity contribution in [3.8, 4) is 0 Å². The number of hydrogen-bond donors (Lipinski definition) is 3. The Morgan fingerprint density at radius 2 is 0.981 bits per heavy atom. The zero-order valence-electron chi connectivity index (χ0n) is 36.5. The van der Waals surface area contributed by atoms with Crippen molar-refractivity contribution in [1.82, 2.24) is 5.32 Å². The SMILES string of the molecule is CCCCCCCCCCCCCCC/C=C/[C@@H](O)[C@H](COP(=O)(O)OCC[N+](C)(C)C)NC(=O)CCCCCCCCCCCCCCCCCCC. The van der Waals surface area contributed by atoms with E-state index in [4.69, 9.17) is 9.05 Å². The second-order valence-electron chi connectivity index (χ2n) is 17.1. The van der Waals surface area contributed by atoms with Gasteiger partial charge in [0.1, 0.15) is 13.2 Å². The summed E-state index contributed by atoms with van der Waals surface area (Å²) in [5.41, 5.74) is 0. The third-order valence-electron chi connectivity index (χ3n) is 10.5. The lowest BCUT2D eigenvalue weighted by atomic mass is 10.0. The monoisotopic (exact) mass is 788 g/mol. The first-order valence-electron chi connectivity index (χ1n) is 23.1. The third-order valence-corrected chi connectivity index (χ3v) is 11.5. The van der Waals surface area contributed by atoms with Crippen LogP contribution in [0.25, 0.3) is 0 Å². The summed E-state index contributed by atoms with van der Waals surface area (Å²) >= 11 is 0. The van der Waals surface area contributed by atoms with Crippen molar-refractivity contribution < 1.29 is 32.9 Å². The molecule has 0 aromatic heterocycles. The minimum atomic E-state index is -4.33. The van der Waals surface area contributed by atoms with Gasteiger partial charge in [-0.15, -0.1) is 0 Å². The molecule has 0 saturated carbocycles. The number of quaternary nitrogens is 1. The van der Waals surface area contributed by atoms with Gasteiger partial charge in [-0.1, -0.05) is 206 Å². The van der Waals surface area contributed by atoms with Crippen molar-refractivity contribution in [2.45, 2.75) is 231 Å². The maximum atomic E-state index is 12.9. The standard InChI is InChI=1S/C45H91N2O6P/c1-6-8-10-12-14-16-18-20-22-23-25-27-29-31-33-35-37-39-45(49)46-43(42-53-54(50,51)52-41-40-47(3,4)5)44(48)38-36-34-32-30-28-26-24-21-19-17-15-13-11-9-7-2/h36,38,43-44,48H,6-35,37,39-42H2,1-5H3,(H-,46,49,50,51)/p+1/b38-36+/t43-,44+/m0/s1. The molecule has 0 aromatic rings. The number of carbonyl (C=O) groups excluding carboxylic acids is 1. The first-order chi connectivity index (χ1) is 26.0. The van der Waals surface area contributed by atoms with Crippen LogP contribution in [0, 0.1) is 0 Å². The maximum Gasteiger partial charge on any atom is 0.472 e. The Morgan fingerprint density at radius 1 is 0.611 bits per heavy atom. The quantitative estimate of drug-likeness (QED) is 0.0246. The van der Waals surface area contributed by atoms with Crippen LogP contribution in [0.4, 0.5) is 0 Å². The number of allylic oxidation sites excluding steroid dienone is 1. The van der Waals surface area contributed by atoms with Crippen molar-refractivity contribution in [3.63, 3.8) is 0 Å². The molecule has 0 radical (unpaired) electrons. The highest BCUT2D eigenvalue weighted by Crippen LogP contribution is 2.43. The van der Waals surface area contributed by atoms with E-state index < -0.39 is 20.0 Å². The van der Waals surface area contributed by atoms with E-state index in [-0.39, 0.29) is 19.1 Å². The molecule has 9 heteroatoms. The summed E-state index contributed by atoms with van der Waals surface area (Å²) in [5.74, 6) is -0.174. The van der Waals surface area contributed by atoms with Crippen molar-refractivity contribution in [2.24, 2.45) is 0 Å². The van der Waals surface area contributed by atoms with Gasteiger partial charge in [0.15, 0.2) is 0 Å². The molecule has 0 saturated heterocycles. The molecule has 0 heterocycles. The van der Waals surface area contributed by atoms with Gasteiger partial charge in [0.25, 0.3) is 0 Å². The largest absolute Gasteiger partial charge is 0.472 e. The average molecular weight is 788 g/mol. The molecule has 322 valence electrons. The van der Waals surface area contributed by atoms with Gasteiger partial charge in [-0.25, -0.2) is 4.57 Å². The van der Waals surface area contributed by atoms with Crippen LogP contribution < -0.4 is 5.32 Å². The number of unbranched alkanes of at least 4 members (excludes halogenated alkanes) is 29. The van der Waals surface area contributed by atoms with Gasteiger partial charge in [-0.2, -0.15) is 0 Å². The summed E-state index contributed by atoms with van der Waals surface area (Å²) in [4.78, 5) is 23.1. The summed E-state index contributed by atoms with van der Waals surface area (Å²) in [6, 6.07) is -0.839. The first-order valence-corrected chi connectivity index (χ1v) is 24.6. The van der Waals surface area contributed by atoms with Gasteiger partial charge in [0.2, 0.25) is 5.91 Å². The molecule has 0 spiro atoms. The summed E-state index contributed by atoms with van der Waals surface area (Å²) < 4.78 is 23.6. The Bertz CT molecular complexity index is 896. The zero-order valence-corrected chi connectivity index (χ0v) is 37.4. The van der Waals surface area contributed by atoms with Gasteiger partial charge < -0.3 is 19.8 Å². The van der Waals surface area contributed by atoms with Crippen LogP contribution in [0.3, 0.4) is 0 Å². The highest BCUT2D eigenvalue weighted by Gasteiger charge is 2.27. The third kappa shape index (κ3) is 39.5. The Kier molecular flexibility index (Phi) is 37.3. The second kappa shape index (κ2) is 37.8. The first kappa shape index (κ1) is 53.2. The van der Waals surface area contributed by atoms with Crippen LogP contribution in [0.15, 0.2) is 12.2 Å². The number of nitrogens with one attached hydrogen (secondary N) is 1. The number of aliphatic hydroxyl groups is 1. The maximum absolute atomic E-state index is 12.9. The normalized spacial score (nSPS) is 14.4. The predicted molar refractivity (Wildman–Crippen MR) is 231 cm³/mol. The molecule has 0 bridgehead atoms. The molecule has 54 heavy (non-hydrogen) atoms. The minimum Gasteiger partial charge on any atom is -0.387 e. The highest BCUT2D eigenvalue weighted by atomic mass is 31.2. The van der Waals surface area contributed by atoms with E-state index in [9.17, 15) is 19.4 Å². The van der Waals surface area contributed by atoms with Crippen LogP contribution in [-0.2, 0) is 18.4 Å². The molecule has 0 aliphatic rings. The van der Waals surface area contributed by atoms with Crippen molar-refractivity contribution in [3.05, 3.63) is 12.2 Å². The molecule has 3 atom stereocenters. The number of carbonyl (C=O) groups is 1. The average Bonchev–Trinajstić information content (AvgIpc) is 3.12. The molecule has 0 aromatic carbocycles. The lowest BCUT2D eigenvalue weighted by molar-refractivity contribution is -0.870. The summed E-state index contributed by atoms with van der Waals surface area (Å²) in [6.45, 7) is 4.83. The molecule has 0 aliphatic carbocycles. The van der Waals surface area contributed by atoms with Gasteiger partial charge in [-0.05, 0) is 19.3 Å². The molecule has 1 amide bonds. The molecule has 0 aliphatic heterocycles. The Balaban J connectivity index is 4.37. The van der Waals surface area contributed by atoms with Gasteiger partial charge >= 0.3 is 7.82 Å². The predicted octanol–water partition coefficient (Wildman–Crippen LogP) is 12.8. The fourth-order valence-electron chi connectivity index (χ4n) is 6.81. The van der Waals surface area contributed by atoms with E-state index >= 15 is 0 Å². The van der Waals surface area contributed by atoms with Crippen LogP contribution in [0.1, 0.15) is 219 Å². The Morgan fingerprint density at radius 3 is 1.37 bits per heavy atom. The number of phosphoric ester groups is 1. The molecule has 8 nitrogen and oxygen atoms in total. The number of nitrogens with zero attached hydrogens (tertiary/aromatic N) is 1. The number of rotatable bonds is 42. The van der Waals surface area contributed by atoms with E-state index in [1.165, 1.54) is 167 Å². The lowest BCUT2D eigenvalue weighted by Crippen LogP contribution is -2.45. The Labute approximate surface area is 335 Å². The Hall–Kier alpha value is -0.760. The van der Waals surface area contributed by atoms with Gasteiger partial charge in [0, 0.05) is 6.42 Å². The smallest absolute Gasteiger partial charge is 0.387 e. The van der Waals surface area contributed by atoms with Crippen LogP contribution in [0.5, 0.6) is 0 Å². The fourth-order valence-corrected chi connectivity index (χ4v) is 7.54. The van der Waals surface area contributed by atoms with Crippen molar-refractivity contribution in [1.29, 1.82) is 0 Å². The number of likely N-dealkylation sites (N-methyl/N-ethyl adjacent to an activating group) is 1. The molecule has 0 fully saturated rings. The number of amides is 1. The van der Waals surface area contributed by atoms with E-state index in [0.717, 1.165) is 32.1 Å². The fraction of sp³-hybridized carbons (Fsp3) is 0.933. The van der Waals surface area contributed by atoms with E-state index in [1.54, 1.807) is 6.08 Å². The molecule has 1 unspecified atom stereocenters. The molecular formula is C45H92N2O6P+.